The Balaban J connectivity index is 2.45. The van der Waals surface area contributed by atoms with Gasteiger partial charge in [0, 0.05) is 18.0 Å². The number of para-hydroxylation sites is 1. The van der Waals surface area contributed by atoms with Gasteiger partial charge in [-0.15, -0.1) is 0 Å². The molecule has 0 radical (unpaired) electrons. The lowest BCUT2D eigenvalue weighted by molar-refractivity contribution is 0.0544. The Kier molecular flexibility index (Phi) is 4.07. The second-order valence-electron chi connectivity index (χ2n) is 5.94. The molecule has 4 heteroatoms. The molecule has 0 aliphatic rings. The van der Waals surface area contributed by atoms with Crippen LogP contribution >= 0.6 is 0 Å². The number of carbonyl (C=O) groups excluding carboxylic acids is 1. The van der Waals surface area contributed by atoms with Crippen molar-refractivity contribution in [3.8, 4) is 0 Å². The maximum Gasteiger partial charge on any atom is 0.419 e. The highest BCUT2D eigenvalue weighted by Crippen LogP contribution is 2.24. The second-order valence-corrected chi connectivity index (χ2v) is 5.94. The summed E-state index contributed by atoms with van der Waals surface area (Å²) in [5.74, 6) is 0.655. The number of rotatable bonds is 3. The molecule has 4 nitrogen and oxygen atoms in total. The van der Waals surface area contributed by atoms with Crippen molar-refractivity contribution in [3.05, 3.63) is 48.4 Å². The van der Waals surface area contributed by atoms with E-state index in [1.165, 1.54) is 0 Å². The number of hydrogen-bond acceptors (Lipinski definition) is 3. The lowest BCUT2D eigenvalue weighted by Crippen LogP contribution is -2.26. The number of allylic oxidation sites excluding steroid dienone is 1. The van der Waals surface area contributed by atoms with Crippen LogP contribution in [-0.4, -0.2) is 23.4 Å². The summed E-state index contributed by atoms with van der Waals surface area (Å²) in [7, 11) is 1.59. The summed E-state index contributed by atoms with van der Waals surface area (Å²) in [4.78, 5) is 12.3. The molecule has 0 unspecified atom stereocenters. The van der Waals surface area contributed by atoms with Crippen LogP contribution in [0.15, 0.2) is 42.8 Å². The summed E-state index contributed by atoms with van der Waals surface area (Å²) in [6.45, 7) is 9.40. The van der Waals surface area contributed by atoms with Gasteiger partial charge in [-0.3, -0.25) is 4.57 Å². The topological polar surface area (TPSA) is 40.5 Å². The standard InChI is InChI=1S/C17H21NO3/c1-12(20-5)10-13-11-18(16(19)21-17(2,3)4)15-9-7-6-8-14(13)15/h6-9,11H,1,10H2,2-5H3. The molecule has 1 aromatic carbocycles. The fourth-order valence-corrected chi connectivity index (χ4v) is 2.14. The van der Waals surface area contributed by atoms with E-state index in [1.54, 1.807) is 17.9 Å². The number of nitrogens with zero attached hydrogens (tertiary/aromatic N) is 1. The van der Waals surface area contributed by atoms with E-state index in [0.717, 1.165) is 16.5 Å². The average molecular weight is 287 g/mol. The van der Waals surface area contributed by atoms with Crippen molar-refractivity contribution >= 4 is 17.0 Å². The predicted octanol–water partition coefficient (Wildman–Crippen LogP) is 4.13. The van der Waals surface area contributed by atoms with E-state index in [9.17, 15) is 4.79 Å². The third-order valence-electron chi connectivity index (χ3n) is 3.06. The minimum atomic E-state index is -0.529. The molecule has 0 bridgehead atoms. The predicted molar refractivity (Wildman–Crippen MR) is 83.4 cm³/mol. The van der Waals surface area contributed by atoms with Gasteiger partial charge >= 0.3 is 6.09 Å². The van der Waals surface area contributed by atoms with Crippen molar-refractivity contribution in [2.75, 3.05) is 7.11 Å². The second kappa shape index (κ2) is 5.64. The highest BCUT2D eigenvalue weighted by Gasteiger charge is 2.20. The third kappa shape index (κ3) is 3.45. The normalized spacial score (nSPS) is 11.4. The first-order valence-corrected chi connectivity index (χ1v) is 6.86. The SMILES string of the molecule is C=C(Cc1cn(C(=O)OC(C)(C)C)c2ccccc12)OC. The number of fused-ring (bicyclic) bond motifs is 1. The van der Waals surface area contributed by atoms with Gasteiger partial charge < -0.3 is 9.47 Å². The molecule has 0 N–H and O–H groups in total. The van der Waals surface area contributed by atoms with Gasteiger partial charge in [0.2, 0.25) is 0 Å². The van der Waals surface area contributed by atoms with E-state index >= 15 is 0 Å². The molecule has 0 fully saturated rings. The largest absolute Gasteiger partial charge is 0.501 e. The Morgan fingerprint density at radius 1 is 1.29 bits per heavy atom. The fraction of sp³-hybridized carbons (Fsp3) is 0.353. The molecular weight excluding hydrogens is 266 g/mol. The van der Waals surface area contributed by atoms with Crippen LogP contribution in [0, 0.1) is 0 Å². The molecule has 1 heterocycles. The summed E-state index contributed by atoms with van der Waals surface area (Å²) in [6.07, 6.45) is 1.98. The van der Waals surface area contributed by atoms with Crippen LogP contribution in [-0.2, 0) is 15.9 Å². The maximum absolute atomic E-state index is 12.3. The number of ether oxygens (including phenoxy) is 2. The Morgan fingerprint density at radius 2 is 1.95 bits per heavy atom. The number of methoxy groups -OCH3 is 1. The number of carbonyl (C=O) groups is 1. The zero-order valence-corrected chi connectivity index (χ0v) is 13.0. The summed E-state index contributed by atoms with van der Waals surface area (Å²) in [6, 6.07) is 7.73. The maximum atomic E-state index is 12.3. The van der Waals surface area contributed by atoms with Crippen LogP contribution < -0.4 is 0 Å². The summed E-state index contributed by atoms with van der Waals surface area (Å²) in [5.41, 5.74) is 1.28. The van der Waals surface area contributed by atoms with Crippen LogP contribution in [0.4, 0.5) is 4.79 Å². The molecule has 1 aromatic heterocycles. The Labute approximate surface area is 125 Å². The number of aromatic nitrogens is 1. The minimum absolute atomic E-state index is 0.382. The van der Waals surface area contributed by atoms with Crippen molar-refractivity contribution in [2.24, 2.45) is 0 Å². The van der Waals surface area contributed by atoms with Gasteiger partial charge in [0.05, 0.1) is 18.4 Å². The van der Waals surface area contributed by atoms with Gasteiger partial charge in [-0.1, -0.05) is 24.8 Å². The van der Waals surface area contributed by atoms with E-state index in [0.29, 0.717) is 12.2 Å². The van der Waals surface area contributed by atoms with E-state index < -0.39 is 5.60 Å². The lowest BCUT2D eigenvalue weighted by Gasteiger charge is -2.19. The van der Waals surface area contributed by atoms with E-state index in [1.807, 2.05) is 45.0 Å². The molecule has 0 aliphatic heterocycles. The average Bonchev–Trinajstić information content (AvgIpc) is 2.76. The van der Waals surface area contributed by atoms with Crippen LogP contribution in [0.1, 0.15) is 26.3 Å². The molecule has 2 aromatic rings. The van der Waals surface area contributed by atoms with Gasteiger partial charge in [0.15, 0.2) is 0 Å². The van der Waals surface area contributed by atoms with Crippen molar-refractivity contribution in [2.45, 2.75) is 32.8 Å². The van der Waals surface area contributed by atoms with Gasteiger partial charge in [-0.05, 0) is 32.4 Å². The van der Waals surface area contributed by atoms with Crippen molar-refractivity contribution < 1.29 is 14.3 Å². The molecule has 21 heavy (non-hydrogen) atoms. The van der Waals surface area contributed by atoms with Crippen molar-refractivity contribution in [1.82, 2.24) is 4.57 Å². The third-order valence-corrected chi connectivity index (χ3v) is 3.06. The molecule has 112 valence electrons. The van der Waals surface area contributed by atoms with Gasteiger partial charge in [-0.2, -0.15) is 0 Å². The molecule has 0 amide bonds. The highest BCUT2D eigenvalue weighted by atomic mass is 16.6. The Hall–Kier alpha value is -2.23. The Bertz CT molecular complexity index is 677. The van der Waals surface area contributed by atoms with Crippen LogP contribution in [0.5, 0.6) is 0 Å². The van der Waals surface area contributed by atoms with Crippen LogP contribution in [0.2, 0.25) is 0 Å². The molecule has 0 aliphatic carbocycles. The van der Waals surface area contributed by atoms with Gasteiger partial charge in [0.25, 0.3) is 0 Å². The Morgan fingerprint density at radius 3 is 2.57 bits per heavy atom. The monoisotopic (exact) mass is 287 g/mol. The summed E-state index contributed by atoms with van der Waals surface area (Å²) < 4.78 is 12.1. The fourth-order valence-electron chi connectivity index (χ4n) is 2.14. The minimum Gasteiger partial charge on any atom is -0.501 e. The zero-order chi connectivity index (χ0) is 15.6. The van der Waals surface area contributed by atoms with Gasteiger partial charge in [-0.25, -0.2) is 4.79 Å². The van der Waals surface area contributed by atoms with Crippen molar-refractivity contribution in [1.29, 1.82) is 0 Å². The van der Waals surface area contributed by atoms with Crippen LogP contribution in [0.25, 0.3) is 10.9 Å². The molecular formula is C17H21NO3. The quantitative estimate of drug-likeness (QED) is 0.797. The molecule has 2 rings (SSSR count). The molecule has 0 atom stereocenters. The summed E-state index contributed by atoms with van der Waals surface area (Å²) >= 11 is 0. The van der Waals surface area contributed by atoms with E-state index in [4.69, 9.17) is 9.47 Å². The van der Waals surface area contributed by atoms with Gasteiger partial charge in [0.1, 0.15) is 5.60 Å². The first-order chi connectivity index (χ1) is 9.81. The van der Waals surface area contributed by atoms with E-state index in [2.05, 4.69) is 6.58 Å². The number of hydrogen-bond donors (Lipinski definition) is 0. The smallest absolute Gasteiger partial charge is 0.419 e. The number of benzene rings is 1. The first-order valence-electron chi connectivity index (χ1n) is 6.86. The molecule has 0 saturated carbocycles. The van der Waals surface area contributed by atoms with Crippen molar-refractivity contribution in [3.63, 3.8) is 0 Å². The molecule has 0 saturated heterocycles. The van der Waals surface area contributed by atoms with Crippen LogP contribution in [0.3, 0.4) is 0 Å². The first kappa shape index (κ1) is 15.2. The lowest BCUT2D eigenvalue weighted by atomic mass is 10.1. The summed E-state index contributed by atoms with van der Waals surface area (Å²) in [5, 5.41) is 1.00. The van der Waals surface area contributed by atoms with E-state index in [-0.39, 0.29) is 6.09 Å². The zero-order valence-electron chi connectivity index (χ0n) is 13.0. The molecule has 0 spiro atoms. The highest BCUT2D eigenvalue weighted by molar-refractivity contribution is 5.92.